The molecule has 0 amide bonds. The predicted octanol–water partition coefficient (Wildman–Crippen LogP) is 2.22. The minimum Gasteiger partial charge on any atom is -0.507 e. The molecule has 8 heteroatoms. The molecule has 5 nitrogen and oxygen atoms in total. The van der Waals surface area contributed by atoms with Gasteiger partial charge in [0.15, 0.2) is 0 Å². The molecule has 0 fully saturated rings. The molecule has 0 aliphatic carbocycles. The van der Waals surface area contributed by atoms with Gasteiger partial charge in [0.2, 0.25) is 11.7 Å². The smallest absolute Gasteiger partial charge is 0.419 e. The molecule has 0 spiro atoms. The van der Waals surface area contributed by atoms with E-state index in [9.17, 15) is 18.3 Å². The molecule has 1 aromatic heterocycles. The van der Waals surface area contributed by atoms with Gasteiger partial charge in [-0.25, -0.2) is 0 Å². The molecule has 0 aliphatic heterocycles. The van der Waals surface area contributed by atoms with Crippen molar-refractivity contribution in [3.05, 3.63) is 29.7 Å². The quantitative estimate of drug-likeness (QED) is 0.902. The normalized spacial score (nSPS) is 11.8. The molecule has 1 heterocycles. The van der Waals surface area contributed by atoms with Crippen LogP contribution < -0.4 is 5.32 Å². The van der Waals surface area contributed by atoms with E-state index in [1.165, 1.54) is 6.07 Å². The number of hydrogen-bond donors (Lipinski definition) is 2. The SMILES string of the molecule is CNCCc1nc(-c2ccc(O)c(C(F)(F)F)c2)no1. The zero-order valence-corrected chi connectivity index (χ0v) is 10.5. The molecule has 0 unspecified atom stereocenters. The summed E-state index contributed by atoms with van der Waals surface area (Å²) < 4.78 is 43.0. The van der Waals surface area contributed by atoms with Gasteiger partial charge >= 0.3 is 6.18 Å². The van der Waals surface area contributed by atoms with Crippen molar-refractivity contribution in [1.82, 2.24) is 15.5 Å². The Morgan fingerprint density at radius 3 is 2.75 bits per heavy atom. The minimum absolute atomic E-state index is 0.0570. The Hall–Kier alpha value is -2.09. The molecule has 108 valence electrons. The maximum atomic E-state index is 12.7. The second-order valence-corrected chi connectivity index (χ2v) is 4.09. The molecule has 0 atom stereocenters. The van der Waals surface area contributed by atoms with Gasteiger partial charge in [-0.2, -0.15) is 18.2 Å². The van der Waals surface area contributed by atoms with Crippen LogP contribution in [0.1, 0.15) is 11.5 Å². The minimum atomic E-state index is -4.64. The third kappa shape index (κ3) is 3.08. The monoisotopic (exact) mass is 287 g/mol. The lowest BCUT2D eigenvalue weighted by Gasteiger charge is -2.09. The first kappa shape index (κ1) is 14.3. The topological polar surface area (TPSA) is 71.2 Å². The van der Waals surface area contributed by atoms with Crippen LogP contribution in [0.2, 0.25) is 0 Å². The van der Waals surface area contributed by atoms with Gasteiger partial charge in [-0.15, -0.1) is 0 Å². The van der Waals surface area contributed by atoms with Crippen molar-refractivity contribution in [3.63, 3.8) is 0 Å². The van der Waals surface area contributed by atoms with Crippen LogP contribution in [0.4, 0.5) is 13.2 Å². The van der Waals surface area contributed by atoms with E-state index in [-0.39, 0.29) is 11.4 Å². The number of benzene rings is 1. The van der Waals surface area contributed by atoms with E-state index in [4.69, 9.17) is 4.52 Å². The Kier molecular flexibility index (Phi) is 3.93. The van der Waals surface area contributed by atoms with E-state index >= 15 is 0 Å². The summed E-state index contributed by atoms with van der Waals surface area (Å²) in [6.07, 6.45) is -4.16. The van der Waals surface area contributed by atoms with Crippen LogP contribution in [0.15, 0.2) is 22.7 Å². The standard InChI is InChI=1S/C12H12F3N3O2/c1-16-5-4-10-17-11(18-20-10)7-2-3-9(19)8(6-7)12(13,14)15/h2-3,6,16,19H,4-5H2,1H3. The summed E-state index contributed by atoms with van der Waals surface area (Å²) >= 11 is 0. The van der Waals surface area contributed by atoms with Crippen LogP contribution in [0.5, 0.6) is 5.75 Å². The van der Waals surface area contributed by atoms with Gasteiger partial charge in [-0.1, -0.05) is 5.16 Å². The summed E-state index contributed by atoms with van der Waals surface area (Å²) in [6.45, 7) is 0.616. The molecule has 2 rings (SSSR count). The Bertz CT molecular complexity index is 596. The first-order chi connectivity index (χ1) is 9.41. The second kappa shape index (κ2) is 5.49. The lowest BCUT2D eigenvalue weighted by atomic mass is 10.1. The van der Waals surface area contributed by atoms with Gasteiger partial charge in [0.05, 0.1) is 5.56 Å². The highest BCUT2D eigenvalue weighted by molar-refractivity contribution is 5.58. The average Bonchev–Trinajstić information content (AvgIpc) is 2.84. The van der Waals surface area contributed by atoms with Crippen LogP contribution in [-0.4, -0.2) is 28.8 Å². The van der Waals surface area contributed by atoms with Crippen LogP contribution in [-0.2, 0) is 12.6 Å². The number of phenols is 1. The largest absolute Gasteiger partial charge is 0.507 e. The molecule has 0 radical (unpaired) electrons. The molecule has 20 heavy (non-hydrogen) atoms. The lowest BCUT2D eigenvalue weighted by Crippen LogP contribution is -2.10. The molecule has 1 aromatic carbocycles. The first-order valence-corrected chi connectivity index (χ1v) is 5.79. The zero-order valence-electron chi connectivity index (χ0n) is 10.5. The molecule has 2 aromatic rings. The van der Waals surface area contributed by atoms with E-state index in [1.807, 2.05) is 0 Å². The highest BCUT2D eigenvalue weighted by atomic mass is 19.4. The summed E-state index contributed by atoms with van der Waals surface area (Å²) in [7, 11) is 1.76. The zero-order chi connectivity index (χ0) is 14.8. The Labute approximate surface area is 112 Å². The van der Waals surface area contributed by atoms with Gasteiger partial charge in [-0.3, -0.25) is 0 Å². The highest BCUT2D eigenvalue weighted by Crippen LogP contribution is 2.37. The number of likely N-dealkylation sites (N-methyl/N-ethyl adjacent to an activating group) is 1. The number of halogens is 3. The molecule has 0 aliphatic rings. The number of nitrogens with one attached hydrogen (secondary N) is 1. The van der Waals surface area contributed by atoms with E-state index < -0.39 is 17.5 Å². The number of aromatic nitrogens is 2. The Morgan fingerprint density at radius 2 is 2.10 bits per heavy atom. The summed E-state index contributed by atoms with van der Waals surface area (Å²) in [5, 5.41) is 15.8. The van der Waals surface area contributed by atoms with Crippen LogP contribution in [0.3, 0.4) is 0 Å². The number of nitrogens with zero attached hydrogens (tertiary/aromatic N) is 2. The van der Waals surface area contributed by atoms with Gasteiger partial charge < -0.3 is 14.9 Å². The number of rotatable bonds is 4. The molecular weight excluding hydrogens is 275 g/mol. The second-order valence-electron chi connectivity index (χ2n) is 4.09. The summed E-state index contributed by atoms with van der Waals surface area (Å²) in [5.41, 5.74) is -0.994. The summed E-state index contributed by atoms with van der Waals surface area (Å²) in [5.74, 6) is -0.447. The van der Waals surface area contributed by atoms with E-state index in [2.05, 4.69) is 15.5 Å². The third-order valence-electron chi connectivity index (χ3n) is 2.62. The van der Waals surface area contributed by atoms with Crippen LogP contribution in [0.25, 0.3) is 11.4 Å². The van der Waals surface area contributed by atoms with Gasteiger partial charge in [0, 0.05) is 18.5 Å². The van der Waals surface area contributed by atoms with Crippen molar-refractivity contribution in [2.75, 3.05) is 13.6 Å². The maximum absolute atomic E-state index is 12.7. The summed E-state index contributed by atoms with van der Waals surface area (Å²) in [6, 6.07) is 3.06. The number of hydrogen-bond acceptors (Lipinski definition) is 5. The van der Waals surface area contributed by atoms with E-state index in [1.54, 1.807) is 7.05 Å². The van der Waals surface area contributed by atoms with Crippen molar-refractivity contribution >= 4 is 0 Å². The maximum Gasteiger partial charge on any atom is 0.419 e. The lowest BCUT2D eigenvalue weighted by molar-refractivity contribution is -0.138. The molecule has 0 saturated heterocycles. The third-order valence-corrected chi connectivity index (χ3v) is 2.62. The van der Waals surface area contributed by atoms with Crippen molar-refractivity contribution < 1.29 is 22.8 Å². The fourth-order valence-electron chi connectivity index (χ4n) is 1.61. The van der Waals surface area contributed by atoms with Crippen molar-refractivity contribution in [2.24, 2.45) is 0 Å². The fourth-order valence-corrected chi connectivity index (χ4v) is 1.61. The highest BCUT2D eigenvalue weighted by Gasteiger charge is 2.34. The van der Waals surface area contributed by atoms with Crippen LogP contribution >= 0.6 is 0 Å². The molecular formula is C12H12F3N3O2. The van der Waals surface area contributed by atoms with E-state index in [0.717, 1.165) is 12.1 Å². The van der Waals surface area contributed by atoms with Crippen LogP contribution in [0, 0.1) is 0 Å². The Balaban J connectivity index is 2.31. The van der Waals surface area contributed by atoms with Crippen molar-refractivity contribution in [3.8, 4) is 17.1 Å². The number of aromatic hydroxyl groups is 1. The average molecular weight is 287 g/mol. The van der Waals surface area contributed by atoms with Crippen molar-refractivity contribution in [1.29, 1.82) is 0 Å². The van der Waals surface area contributed by atoms with E-state index in [0.29, 0.717) is 18.9 Å². The molecule has 0 bridgehead atoms. The predicted molar refractivity (Wildman–Crippen MR) is 64.0 cm³/mol. The summed E-state index contributed by atoms with van der Waals surface area (Å²) in [4.78, 5) is 4.00. The fraction of sp³-hybridized carbons (Fsp3) is 0.333. The first-order valence-electron chi connectivity index (χ1n) is 5.79. The van der Waals surface area contributed by atoms with Crippen molar-refractivity contribution in [2.45, 2.75) is 12.6 Å². The number of alkyl halides is 3. The Morgan fingerprint density at radius 1 is 1.35 bits per heavy atom. The van der Waals surface area contributed by atoms with Gasteiger partial charge in [0.25, 0.3) is 0 Å². The van der Waals surface area contributed by atoms with Gasteiger partial charge in [-0.05, 0) is 25.2 Å². The molecule has 0 saturated carbocycles. The van der Waals surface area contributed by atoms with Gasteiger partial charge in [0.1, 0.15) is 5.75 Å². The number of phenolic OH excluding ortho intramolecular Hbond substituents is 1. The molecule has 2 N–H and O–H groups in total.